The van der Waals surface area contributed by atoms with Crippen LogP contribution in [0.2, 0.25) is 10.0 Å². The van der Waals surface area contributed by atoms with Crippen LogP contribution >= 0.6 is 23.2 Å². The lowest BCUT2D eigenvalue weighted by atomic mass is 10.1. The number of aromatic nitrogens is 1. The van der Waals surface area contributed by atoms with E-state index >= 15 is 0 Å². The Balaban J connectivity index is 2.08. The van der Waals surface area contributed by atoms with E-state index in [1.54, 1.807) is 0 Å². The number of benzene rings is 2. The summed E-state index contributed by atoms with van der Waals surface area (Å²) in [6, 6.07) is 6.32. The van der Waals surface area contributed by atoms with Crippen molar-refractivity contribution in [3.8, 4) is 0 Å². The first-order valence-electron chi connectivity index (χ1n) is 9.05. The molecule has 2 aromatic carbocycles. The number of nitro benzene ring substituents is 1. The summed E-state index contributed by atoms with van der Waals surface area (Å²) in [6.45, 7) is 1.53. The number of aryl methyl sites for hydroxylation is 1. The van der Waals surface area contributed by atoms with E-state index in [1.807, 2.05) is 0 Å². The quantitative estimate of drug-likeness (QED) is 0.248. The molecular weight excluding hydrogens is 522 g/mol. The summed E-state index contributed by atoms with van der Waals surface area (Å²) in [5.74, 6) is -0.946. The molecule has 0 fully saturated rings. The second-order valence-corrected chi connectivity index (χ2v) is 9.40. The molecule has 3 aromatic rings. The first-order valence-corrected chi connectivity index (χ1v) is 11.3. The Bertz CT molecular complexity index is 1430. The van der Waals surface area contributed by atoms with Gasteiger partial charge in [0, 0.05) is 23.9 Å². The molecule has 0 spiro atoms. The van der Waals surface area contributed by atoms with Crippen LogP contribution in [0.5, 0.6) is 0 Å². The maximum Gasteiger partial charge on any atom is 0.417 e. The molecule has 1 aromatic heterocycles. The van der Waals surface area contributed by atoms with Gasteiger partial charge < -0.3 is 0 Å². The third-order valence-electron chi connectivity index (χ3n) is 4.44. The van der Waals surface area contributed by atoms with Gasteiger partial charge in [-0.1, -0.05) is 23.2 Å². The lowest BCUT2D eigenvalue weighted by molar-refractivity contribution is -0.384. The standard InChI is InChI=1S/C20H12Cl2F3N3O5S/c1-10-6-17(27-34(32,33)12-3-5-16(22)14(8-12)20(23,24)25)18(26-9-10)19(29)13-7-11(28(30)31)2-4-15(13)21/h2-9,27H,1H3. The number of hydrogen-bond donors (Lipinski definition) is 1. The summed E-state index contributed by atoms with van der Waals surface area (Å²) < 4.78 is 67.2. The van der Waals surface area contributed by atoms with Crippen LogP contribution in [0.4, 0.5) is 24.5 Å². The third kappa shape index (κ3) is 5.29. The number of halogens is 5. The molecule has 0 aliphatic carbocycles. The van der Waals surface area contributed by atoms with Crippen LogP contribution in [-0.2, 0) is 16.2 Å². The number of nitrogens with zero attached hydrogens (tertiary/aromatic N) is 2. The van der Waals surface area contributed by atoms with Crippen molar-refractivity contribution < 1.29 is 31.3 Å². The predicted octanol–water partition coefficient (Wildman–Crippen LogP) is 5.66. The lowest BCUT2D eigenvalue weighted by Gasteiger charge is -2.14. The highest BCUT2D eigenvalue weighted by Gasteiger charge is 2.35. The first kappa shape index (κ1) is 25.4. The van der Waals surface area contributed by atoms with Crippen LogP contribution in [0.25, 0.3) is 0 Å². The second-order valence-electron chi connectivity index (χ2n) is 6.90. The van der Waals surface area contributed by atoms with Crippen molar-refractivity contribution in [2.24, 2.45) is 0 Å². The van der Waals surface area contributed by atoms with E-state index < -0.39 is 53.8 Å². The molecule has 1 N–H and O–H groups in total. The zero-order valence-corrected chi connectivity index (χ0v) is 19.2. The largest absolute Gasteiger partial charge is 0.417 e. The van der Waals surface area contributed by atoms with Crippen LogP contribution < -0.4 is 4.72 Å². The number of nitrogens with one attached hydrogen (secondary N) is 1. The molecule has 0 unspecified atom stereocenters. The molecular formula is C20H12Cl2F3N3O5S. The highest BCUT2D eigenvalue weighted by atomic mass is 35.5. The van der Waals surface area contributed by atoms with Crippen molar-refractivity contribution in [1.82, 2.24) is 4.98 Å². The average Bonchev–Trinajstić information content (AvgIpc) is 2.72. The van der Waals surface area contributed by atoms with Gasteiger partial charge in [0.1, 0.15) is 5.69 Å². The van der Waals surface area contributed by atoms with Crippen molar-refractivity contribution in [2.75, 3.05) is 4.72 Å². The van der Waals surface area contributed by atoms with Gasteiger partial charge in [-0.15, -0.1) is 0 Å². The predicted molar refractivity (Wildman–Crippen MR) is 118 cm³/mol. The maximum absolute atomic E-state index is 13.2. The number of nitro groups is 1. The number of alkyl halides is 3. The second kappa shape index (κ2) is 9.20. The van der Waals surface area contributed by atoms with Gasteiger partial charge >= 0.3 is 6.18 Å². The summed E-state index contributed by atoms with van der Waals surface area (Å²) in [6.07, 6.45) is -3.67. The molecule has 0 amide bonds. The van der Waals surface area contributed by atoms with Gasteiger partial charge in [0.15, 0.2) is 0 Å². The average molecular weight is 534 g/mol. The highest BCUT2D eigenvalue weighted by Crippen LogP contribution is 2.36. The van der Waals surface area contributed by atoms with Gasteiger partial charge in [-0.2, -0.15) is 13.2 Å². The Hall–Kier alpha value is -3.22. The Morgan fingerprint density at radius 1 is 1.09 bits per heavy atom. The van der Waals surface area contributed by atoms with Crippen LogP contribution in [0.1, 0.15) is 27.2 Å². The Kier molecular flexibility index (Phi) is 6.87. The normalized spacial score (nSPS) is 11.8. The number of ketones is 1. The summed E-state index contributed by atoms with van der Waals surface area (Å²) in [4.78, 5) is 26.5. The Morgan fingerprint density at radius 2 is 1.74 bits per heavy atom. The minimum absolute atomic E-state index is 0.153. The van der Waals surface area contributed by atoms with E-state index in [0.717, 1.165) is 30.3 Å². The topological polar surface area (TPSA) is 119 Å². The third-order valence-corrected chi connectivity index (χ3v) is 6.47. The number of pyridine rings is 1. The number of hydrogen-bond acceptors (Lipinski definition) is 6. The van der Waals surface area contributed by atoms with E-state index in [4.69, 9.17) is 23.2 Å². The molecule has 34 heavy (non-hydrogen) atoms. The van der Waals surface area contributed by atoms with Crippen LogP contribution in [0, 0.1) is 17.0 Å². The van der Waals surface area contributed by atoms with Gasteiger partial charge in [0.2, 0.25) is 5.78 Å². The smallest absolute Gasteiger partial charge is 0.287 e. The number of non-ortho nitro benzene ring substituents is 1. The monoisotopic (exact) mass is 533 g/mol. The van der Waals surface area contributed by atoms with E-state index in [2.05, 4.69) is 9.71 Å². The summed E-state index contributed by atoms with van der Waals surface area (Å²) in [7, 11) is -4.64. The molecule has 0 aliphatic rings. The van der Waals surface area contributed by atoms with Gasteiger partial charge in [0.05, 0.1) is 31.1 Å². The number of carbonyl (C=O) groups excluding carboxylic acids is 1. The summed E-state index contributed by atoms with van der Waals surface area (Å²) in [5.41, 5.74) is -2.55. The van der Waals surface area contributed by atoms with Crippen molar-refractivity contribution in [3.05, 3.63) is 91.2 Å². The van der Waals surface area contributed by atoms with Crippen molar-refractivity contribution >= 4 is 50.4 Å². The zero-order chi connectivity index (χ0) is 25.4. The molecule has 0 saturated heterocycles. The van der Waals surface area contributed by atoms with Gasteiger partial charge in [-0.3, -0.25) is 24.6 Å². The minimum atomic E-state index is -4.91. The number of sulfonamides is 1. The van der Waals surface area contributed by atoms with E-state index in [1.165, 1.54) is 19.2 Å². The molecule has 14 heteroatoms. The number of anilines is 1. The van der Waals surface area contributed by atoms with Crippen molar-refractivity contribution in [2.45, 2.75) is 18.0 Å². The van der Waals surface area contributed by atoms with E-state index in [-0.39, 0.29) is 16.3 Å². The van der Waals surface area contributed by atoms with Gasteiger partial charge in [-0.05, 0) is 42.8 Å². The summed E-state index contributed by atoms with van der Waals surface area (Å²) >= 11 is 11.6. The Morgan fingerprint density at radius 3 is 2.35 bits per heavy atom. The fraction of sp³-hybridized carbons (Fsp3) is 0.100. The Labute approximate surface area is 200 Å². The molecule has 0 radical (unpaired) electrons. The van der Waals surface area contributed by atoms with Crippen LogP contribution in [0.15, 0.2) is 53.6 Å². The van der Waals surface area contributed by atoms with Crippen LogP contribution in [0.3, 0.4) is 0 Å². The van der Waals surface area contributed by atoms with Gasteiger partial charge in [-0.25, -0.2) is 8.42 Å². The zero-order valence-electron chi connectivity index (χ0n) is 16.9. The van der Waals surface area contributed by atoms with Crippen molar-refractivity contribution in [3.63, 3.8) is 0 Å². The SMILES string of the molecule is Cc1cnc(C(=O)c2cc([N+](=O)[O-])ccc2Cl)c(NS(=O)(=O)c2ccc(Cl)c(C(F)(F)F)c2)c1. The molecule has 0 atom stereocenters. The lowest BCUT2D eigenvalue weighted by Crippen LogP contribution is -2.18. The minimum Gasteiger partial charge on any atom is -0.287 e. The maximum atomic E-state index is 13.2. The molecule has 0 aliphatic heterocycles. The van der Waals surface area contributed by atoms with E-state index in [0.29, 0.717) is 11.6 Å². The number of rotatable bonds is 6. The fourth-order valence-corrected chi connectivity index (χ4v) is 4.36. The van der Waals surface area contributed by atoms with Gasteiger partial charge in [0.25, 0.3) is 15.7 Å². The van der Waals surface area contributed by atoms with Crippen molar-refractivity contribution in [1.29, 1.82) is 0 Å². The molecule has 178 valence electrons. The molecule has 1 heterocycles. The summed E-state index contributed by atoms with van der Waals surface area (Å²) in [5, 5.41) is 10.2. The fourth-order valence-electron chi connectivity index (χ4n) is 2.85. The van der Waals surface area contributed by atoms with Crippen LogP contribution in [-0.4, -0.2) is 24.1 Å². The molecule has 0 saturated carbocycles. The molecule has 3 rings (SSSR count). The highest BCUT2D eigenvalue weighted by molar-refractivity contribution is 7.92. The van der Waals surface area contributed by atoms with E-state index in [9.17, 15) is 36.5 Å². The first-order chi connectivity index (χ1) is 15.7. The number of carbonyl (C=O) groups is 1. The molecule has 0 bridgehead atoms. The molecule has 8 nitrogen and oxygen atoms in total.